The van der Waals surface area contributed by atoms with Crippen LogP contribution in [0.4, 0.5) is 0 Å². The molecule has 13 rings (SSSR count). The number of imidazole rings is 1. The minimum Gasteiger partial charge on any atom is -0.510 e. The largest absolute Gasteiger partial charge is 0.510 e. The van der Waals surface area contributed by atoms with Crippen LogP contribution in [0.15, 0.2) is 194 Å². The number of ether oxygens (including phenoxy) is 1. The third-order valence-electron chi connectivity index (χ3n) is 16.1. The summed E-state index contributed by atoms with van der Waals surface area (Å²) in [6.07, 6.45) is 5.87. The van der Waals surface area contributed by atoms with Gasteiger partial charge in [0.25, 0.3) is 6.33 Å². The van der Waals surface area contributed by atoms with Crippen molar-refractivity contribution in [3.8, 4) is 84.3 Å². The molecule has 0 N–H and O–H groups in total. The van der Waals surface area contributed by atoms with Gasteiger partial charge in [0.15, 0.2) is 0 Å². The van der Waals surface area contributed by atoms with E-state index in [-0.39, 0.29) is 60.4 Å². The van der Waals surface area contributed by atoms with Crippen molar-refractivity contribution < 1.29 is 37.2 Å². The Labute approximate surface area is 505 Å². The summed E-state index contributed by atoms with van der Waals surface area (Å²) in [5, 5.41) is 2.13. The van der Waals surface area contributed by atoms with Crippen LogP contribution in [0.5, 0.6) is 11.5 Å². The molecule has 1 aliphatic rings. The van der Waals surface area contributed by atoms with Gasteiger partial charge in [0.05, 0.1) is 23.6 Å². The molecule has 82 heavy (non-hydrogen) atoms. The molecule has 0 unspecified atom stereocenters. The van der Waals surface area contributed by atoms with Crippen LogP contribution in [0.1, 0.15) is 112 Å². The number of para-hydroxylation sites is 2. The molecule has 0 saturated heterocycles. The zero-order chi connectivity index (χ0) is 60.7. The van der Waals surface area contributed by atoms with E-state index in [9.17, 15) is 2.74 Å². The van der Waals surface area contributed by atoms with E-state index in [1.807, 2.05) is 48.7 Å². The quantitative estimate of drug-likeness (QED) is 0.123. The van der Waals surface area contributed by atoms with Crippen LogP contribution in [-0.2, 0) is 42.7 Å². The second-order valence-electron chi connectivity index (χ2n) is 25.8. The molecule has 0 amide bonds. The van der Waals surface area contributed by atoms with Crippen molar-refractivity contribution in [1.82, 2.24) is 14.1 Å². The minimum atomic E-state index is -0.440. The minimum absolute atomic E-state index is 0. The SMILES string of the molecule is [2H]c1c([2H])c([2H])c(-c2cccc3c2-c2cccc(-c4cc(C(C)(C)C)cc(C(C)(C)C)c4)c2-[n+]2[c-]n(-c4[c-]c(Oc5[c-]c6c(cc5)c5ccccc5n6-c5cc(C(C)(C)C)ccn5)ccc4)c4cc(C(C)(C)C)cc(c42)-c2ccccc2-3)c([2H])c1[2H].[Pt]. The molecule has 12 aromatic rings. The van der Waals surface area contributed by atoms with Crippen LogP contribution in [0.3, 0.4) is 0 Å². The van der Waals surface area contributed by atoms with Crippen molar-refractivity contribution in [2.45, 2.75) is 105 Å². The van der Waals surface area contributed by atoms with E-state index in [1.54, 1.807) is 0 Å². The van der Waals surface area contributed by atoms with Crippen LogP contribution in [0.2, 0.25) is 0 Å². The van der Waals surface area contributed by atoms with E-state index < -0.39 is 18.1 Å². The van der Waals surface area contributed by atoms with Crippen LogP contribution >= 0.6 is 0 Å². The van der Waals surface area contributed by atoms with Crippen LogP contribution in [0.25, 0.3) is 106 Å². The first kappa shape index (κ1) is 48.6. The van der Waals surface area contributed by atoms with Crippen molar-refractivity contribution in [3.63, 3.8) is 0 Å². The summed E-state index contributed by atoms with van der Waals surface area (Å²) in [6.45, 7) is 26.9. The number of aromatic nitrogens is 4. The van der Waals surface area contributed by atoms with Crippen molar-refractivity contribution in [2.75, 3.05) is 0 Å². The maximum atomic E-state index is 9.49. The fourth-order valence-electron chi connectivity index (χ4n) is 11.6. The summed E-state index contributed by atoms with van der Waals surface area (Å²) < 4.78 is 58.9. The average molecular weight is 1250 g/mol. The topological polar surface area (TPSA) is 35.9 Å². The second kappa shape index (κ2) is 20.1. The molecule has 410 valence electrons. The third-order valence-corrected chi connectivity index (χ3v) is 16.1. The predicted octanol–water partition coefficient (Wildman–Crippen LogP) is 19.4. The van der Waals surface area contributed by atoms with Gasteiger partial charge < -0.3 is 13.9 Å². The number of fused-ring (bicyclic) bond motifs is 10. The average Bonchev–Trinajstić information content (AvgIpc) is 1.67. The number of hydrogen-bond donors (Lipinski definition) is 0. The van der Waals surface area contributed by atoms with Gasteiger partial charge in [0.1, 0.15) is 5.82 Å². The first-order valence-electron chi connectivity index (χ1n) is 30.5. The summed E-state index contributed by atoms with van der Waals surface area (Å²) in [5.74, 6) is 1.81. The molecule has 9 aromatic carbocycles. The van der Waals surface area contributed by atoms with Gasteiger partial charge in [-0.05, 0) is 135 Å². The Morgan fingerprint density at radius 3 is 1.78 bits per heavy atom. The third kappa shape index (κ3) is 9.51. The Morgan fingerprint density at radius 1 is 0.476 bits per heavy atom. The first-order valence-corrected chi connectivity index (χ1v) is 28.0. The van der Waals surface area contributed by atoms with Crippen molar-refractivity contribution in [2.24, 2.45) is 0 Å². The van der Waals surface area contributed by atoms with Crippen molar-refractivity contribution in [3.05, 3.63) is 235 Å². The monoisotopic (exact) mass is 1250 g/mol. The van der Waals surface area contributed by atoms with E-state index >= 15 is 0 Å². The molecule has 0 saturated carbocycles. The van der Waals surface area contributed by atoms with Crippen molar-refractivity contribution >= 4 is 32.8 Å². The number of nitrogens with zero attached hydrogens (tertiary/aromatic N) is 4. The van der Waals surface area contributed by atoms with Gasteiger partial charge in [-0.25, -0.2) is 4.98 Å². The molecule has 4 heterocycles. The van der Waals surface area contributed by atoms with E-state index in [1.165, 1.54) is 16.7 Å². The summed E-state index contributed by atoms with van der Waals surface area (Å²) >= 11 is 0. The van der Waals surface area contributed by atoms with Gasteiger partial charge >= 0.3 is 0 Å². The summed E-state index contributed by atoms with van der Waals surface area (Å²) in [6, 6.07) is 60.6. The van der Waals surface area contributed by atoms with Gasteiger partial charge in [-0.3, -0.25) is 4.57 Å². The predicted molar refractivity (Wildman–Crippen MR) is 336 cm³/mol. The van der Waals surface area contributed by atoms with Gasteiger partial charge in [0, 0.05) is 44.3 Å². The molecule has 0 spiro atoms. The van der Waals surface area contributed by atoms with E-state index in [2.05, 4.69) is 231 Å². The Hall–Kier alpha value is -8.11. The van der Waals surface area contributed by atoms with Crippen LogP contribution < -0.4 is 9.30 Å². The molecule has 0 radical (unpaired) electrons. The molecule has 0 fully saturated rings. The molecule has 0 bridgehead atoms. The summed E-state index contributed by atoms with van der Waals surface area (Å²) in [5.41, 5.74) is 16.9. The van der Waals surface area contributed by atoms with E-state index in [0.29, 0.717) is 22.7 Å². The smallest absolute Gasteiger partial charge is 0.268 e. The Balaban J connectivity index is 0.00000739. The molecule has 6 heteroatoms. The second-order valence-corrected chi connectivity index (χ2v) is 25.8. The number of rotatable bonds is 6. The molecule has 3 aromatic heterocycles. The summed E-state index contributed by atoms with van der Waals surface area (Å²) in [4.78, 5) is 4.91. The van der Waals surface area contributed by atoms with Crippen LogP contribution in [0, 0.1) is 18.5 Å². The van der Waals surface area contributed by atoms with Gasteiger partial charge in [-0.1, -0.05) is 222 Å². The molecule has 5 nitrogen and oxygen atoms in total. The normalized spacial score (nSPS) is 13.4. The Morgan fingerprint density at radius 2 is 1.07 bits per heavy atom. The fourth-order valence-corrected chi connectivity index (χ4v) is 11.6. The molecule has 1 aliphatic heterocycles. The number of benzene rings is 9. The Kier molecular flexibility index (Phi) is 11.9. The number of pyridine rings is 1. The molecule has 0 atom stereocenters. The van der Waals surface area contributed by atoms with E-state index in [0.717, 1.165) is 94.4 Å². The number of hydrogen-bond acceptors (Lipinski definition) is 2. The first-order chi connectivity index (χ1) is 40.8. The van der Waals surface area contributed by atoms with Crippen molar-refractivity contribution in [1.29, 1.82) is 0 Å². The molecular formula is C76H68N4OPt-2. The van der Waals surface area contributed by atoms with E-state index in [4.69, 9.17) is 13.8 Å². The van der Waals surface area contributed by atoms with Crippen LogP contribution in [-0.4, -0.2) is 14.1 Å². The zero-order valence-electron chi connectivity index (χ0n) is 53.6. The molecule has 0 aliphatic carbocycles. The summed E-state index contributed by atoms with van der Waals surface area (Å²) in [7, 11) is 0. The Bertz CT molecular complexity index is 4730. The fraction of sp³-hybridized carbons (Fsp3) is 0.211. The maximum Gasteiger partial charge on any atom is 0.268 e. The molecular weight excluding hydrogens is 1180 g/mol. The zero-order valence-corrected chi connectivity index (χ0v) is 50.9. The van der Waals surface area contributed by atoms with Gasteiger partial charge in [-0.2, -0.15) is 18.2 Å². The maximum absolute atomic E-state index is 9.49. The van der Waals surface area contributed by atoms with Gasteiger partial charge in [-0.15, -0.1) is 29.7 Å². The standard InChI is InChI=1S/C76H68N4O.Pt/c1-73(2,3)50-37-38-77-69(44-50)80-66-34-19-18-29-61(66)62-36-35-56(46-67(62)80)81-55-26-20-25-54(45-55)78-47-79-71-58(49-39-51(74(4,5)6)41-52(40-49)75(7,8)9)31-22-33-64(71)70-57(48-23-14-13-15-24-48)30-21-32-63(70)59-27-16-17-28-60(59)65-42-53(76(10,11)12)43-68(78)72(65)79;/h13-44H,1-12H3;/q-2;/i13D,14D,15D,23D,24D;. The van der Waals surface area contributed by atoms with Gasteiger partial charge in [0.2, 0.25) is 0 Å².